The van der Waals surface area contributed by atoms with Gasteiger partial charge in [0.15, 0.2) is 9.84 Å². The van der Waals surface area contributed by atoms with Crippen molar-refractivity contribution in [1.29, 1.82) is 0 Å². The van der Waals surface area contributed by atoms with Gasteiger partial charge in [0.1, 0.15) is 0 Å². The van der Waals surface area contributed by atoms with E-state index in [0.29, 0.717) is 19.5 Å². The lowest BCUT2D eigenvalue weighted by Crippen LogP contribution is -2.46. The number of likely N-dealkylation sites (N-methyl/N-ethyl adjacent to an activating group) is 1. The SMILES string of the molecule is CN(C)CCN(C(=O)Nc1cccs1)C1CCS(=O)(=O)C1. The molecule has 1 aliphatic heterocycles. The fraction of sp³-hybridized carbons (Fsp3) is 0.615. The molecule has 1 N–H and O–H groups in total. The van der Waals surface area contributed by atoms with E-state index in [-0.39, 0.29) is 23.6 Å². The van der Waals surface area contributed by atoms with E-state index in [4.69, 9.17) is 0 Å². The molecule has 21 heavy (non-hydrogen) atoms. The van der Waals surface area contributed by atoms with Gasteiger partial charge in [-0.25, -0.2) is 13.2 Å². The van der Waals surface area contributed by atoms with E-state index in [1.165, 1.54) is 11.3 Å². The first-order valence-electron chi connectivity index (χ1n) is 6.84. The molecule has 0 spiro atoms. The number of hydrogen-bond donors (Lipinski definition) is 1. The maximum atomic E-state index is 12.4. The van der Waals surface area contributed by atoms with Crippen molar-refractivity contribution < 1.29 is 13.2 Å². The fourth-order valence-corrected chi connectivity index (χ4v) is 4.64. The third kappa shape index (κ3) is 4.69. The van der Waals surface area contributed by atoms with Gasteiger partial charge in [0.05, 0.1) is 16.5 Å². The van der Waals surface area contributed by atoms with E-state index in [0.717, 1.165) is 5.00 Å². The van der Waals surface area contributed by atoms with Gasteiger partial charge in [0.25, 0.3) is 0 Å². The van der Waals surface area contributed by atoms with Crippen LogP contribution >= 0.6 is 11.3 Å². The number of hydrogen-bond acceptors (Lipinski definition) is 5. The van der Waals surface area contributed by atoms with Crippen LogP contribution in [0.4, 0.5) is 9.80 Å². The monoisotopic (exact) mass is 331 g/mol. The number of carbonyl (C=O) groups is 1. The number of thiophene rings is 1. The molecule has 0 saturated carbocycles. The Labute approximate surface area is 129 Å². The topological polar surface area (TPSA) is 69.7 Å². The Balaban J connectivity index is 2.06. The van der Waals surface area contributed by atoms with Crippen LogP contribution in [0.1, 0.15) is 6.42 Å². The van der Waals surface area contributed by atoms with Crippen LogP contribution in [0.2, 0.25) is 0 Å². The van der Waals surface area contributed by atoms with Crippen molar-refractivity contribution >= 4 is 32.2 Å². The van der Waals surface area contributed by atoms with Crippen molar-refractivity contribution in [2.24, 2.45) is 0 Å². The van der Waals surface area contributed by atoms with Gasteiger partial charge in [-0.05, 0) is 38.0 Å². The predicted molar refractivity (Wildman–Crippen MR) is 85.7 cm³/mol. The molecule has 1 atom stereocenters. The zero-order chi connectivity index (χ0) is 15.5. The summed E-state index contributed by atoms with van der Waals surface area (Å²) in [6, 6.07) is 3.25. The van der Waals surface area contributed by atoms with Crippen molar-refractivity contribution in [2.75, 3.05) is 44.0 Å². The Morgan fingerprint density at radius 2 is 2.19 bits per heavy atom. The largest absolute Gasteiger partial charge is 0.322 e. The molecule has 2 amide bonds. The fourth-order valence-electron chi connectivity index (χ4n) is 2.31. The third-order valence-electron chi connectivity index (χ3n) is 3.45. The number of carbonyl (C=O) groups excluding carboxylic acids is 1. The lowest BCUT2D eigenvalue weighted by atomic mass is 10.2. The van der Waals surface area contributed by atoms with Gasteiger partial charge in [0.2, 0.25) is 0 Å². The second kappa shape index (κ2) is 6.76. The van der Waals surface area contributed by atoms with E-state index < -0.39 is 9.84 Å². The molecule has 0 bridgehead atoms. The van der Waals surface area contributed by atoms with Crippen molar-refractivity contribution in [2.45, 2.75) is 12.5 Å². The van der Waals surface area contributed by atoms with Crippen molar-refractivity contribution in [3.8, 4) is 0 Å². The molecule has 1 unspecified atom stereocenters. The summed E-state index contributed by atoms with van der Waals surface area (Å²) < 4.78 is 23.3. The summed E-state index contributed by atoms with van der Waals surface area (Å²) in [6.07, 6.45) is 0.521. The van der Waals surface area contributed by atoms with Gasteiger partial charge < -0.3 is 9.80 Å². The smallest absolute Gasteiger partial charge is 0.319 e. The second-order valence-electron chi connectivity index (χ2n) is 5.46. The highest BCUT2D eigenvalue weighted by Gasteiger charge is 2.34. The van der Waals surface area contributed by atoms with Crippen LogP contribution in [0.5, 0.6) is 0 Å². The Hall–Kier alpha value is -1.12. The molecule has 1 fully saturated rings. The normalized spacial score (nSPS) is 20.6. The van der Waals surface area contributed by atoms with Gasteiger partial charge in [-0.3, -0.25) is 5.32 Å². The molecule has 0 aliphatic carbocycles. The quantitative estimate of drug-likeness (QED) is 0.884. The zero-order valence-electron chi connectivity index (χ0n) is 12.3. The molecule has 118 valence electrons. The van der Waals surface area contributed by atoms with Crippen molar-refractivity contribution in [3.05, 3.63) is 17.5 Å². The number of rotatable bonds is 5. The molecular weight excluding hydrogens is 310 g/mol. The Kier molecular flexibility index (Phi) is 5.23. The number of anilines is 1. The highest BCUT2D eigenvalue weighted by atomic mass is 32.2. The molecule has 1 aliphatic rings. The van der Waals surface area contributed by atoms with Gasteiger partial charge in [-0.1, -0.05) is 0 Å². The van der Waals surface area contributed by atoms with Crippen LogP contribution in [0, 0.1) is 0 Å². The first-order valence-corrected chi connectivity index (χ1v) is 9.54. The molecule has 0 radical (unpaired) electrons. The summed E-state index contributed by atoms with van der Waals surface area (Å²) in [6.45, 7) is 1.22. The standard InChI is InChI=1S/C13H21N3O3S2/c1-15(2)6-7-16(11-5-9-21(18,19)10-11)13(17)14-12-4-3-8-20-12/h3-4,8,11H,5-7,9-10H2,1-2H3,(H,14,17). The summed E-state index contributed by atoms with van der Waals surface area (Å²) in [7, 11) is 0.855. The second-order valence-corrected chi connectivity index (χ2v) is 8.64. The van der Waals surface area contributed by atoms with Gasteiger partial charge in [-0.15, -0.1) is 11.3 Å². The van der Waals surface area contributed by atoms with E-state index in [9.17, 15) is 13.2 Å². The van der Waals surface area contributed by atoms with Crippen molar-refractivity contribution in [1.82, 2.24) is 9.80 Å². The van der Waals surface area contributed by atoms with E-state index in [1.54, 1.807) is 4.90 Å². The first-order chi connectivity index (χ1) is 9.87. The molecule has 6 nitrogen and oxygen atoms in total. The summed E-state index contributed by atoms with van der Waals surface area (Å²) >= 11 is 1.45. The van der Waals surface area contributed by atoms with Gasteiger partial charge in [0, 0.05) is 19.1 Å². The van der Waals surface area contributed by atoms with Crippen LogP contribution in [-0.4, -0.2) is 69.0 Å². The lowest BCUT2D eigenvalue weighted by Gasteiger charge is -2.29. The van der Waals surface area contributed by atoms with Crippen LogP contribution in [0.25, 0.3) is 0 Å². The van der Waals surface area contributed by atoms with Crippen LogP contribution in [0.3, 0.4) is 0 Å². The summed E-state index contributed by atoms with van der Waals surface area (Å²) in [5.41, 5.74) is 0. The number of amides is 2. The average Bonchev–Trinajstić information content (AvgIpc) is 2.99. The zero-order valence-corrected chi connectivity index (χ0v) is 13.9. The Morgan fingerprint density at radius 1 is 1.43 bits per heavy atom. The van der Waals surface area contributed by atoms with Crippen LogP contribution < -0.4 is 5.32 Å². The molecule has 2 heterocycles. The summed E-state index contributed by atoms with van der Waals surface area (Å²) in [5.74, 6) is 0.237. The van der Waals surface area contributed by atoms with E-state index >= 15 is 0 Å². The minimum Gasteiger partial charge on any atom is -0.319 e. The maximum absolute atomic E-state index is 12.4. The minimum atomic E-state index is -3.01. The maximum Gasteiger partial charge on any atom is 0.322 e. The van der Waals surface area contributed by atoms with Gasteiger partial charge >= 0.3 is 6.03 Å². The molecule has 2 rings (SSSR count). The highest BCUT2D eigenvalue weighted by Crippen LogP contribution is 2.20. The molecule has 1 saturated heterocycles. The third-order valence-corrected chi connectivity index (χ3v) is 5.99. The highest BCUT2D eigenvalue weighted by molar-refractivity contribution is 7.91. The number of sulfone groups is 1. The Morgan fingerprint density at radius 3 is 2.71 bits per heavy atom. The molecular formula is C13H21N3O3S2. The minimum absolute atomic E-state index is 0.0677. The average molecular weight is 331 g/mol. The number of nitrogens with zero attached hydrogens (tertiary/aromatic N) is 2. The van der Waals surface area contributed by atoms with Crippen LogP contribution in [-0.2, 0) is 9.84 Å². The van der Waals surface area contributed by atoms with Crippen LogP contribution in [0.15, 0.2) is 17.5 Å². The van der Waals surface area contributed by atoms with Crippen molar-refractivity contribution in [3.63, 3.8) is 0 Å². The van der Waals surface area contributed by atoms with E-state index in [2.05, 4.69) is 5.32 Å². The Bertz CT molecular complexity index is 569. The summed E-state index contributed by atoms with van der Waals surface area (Å²) in [4.78, 5) is 16.1. The molecule has 8 heteroatoms. The molecule has 1 aromatic heterocycles. The first kappa shape index (κ1) is 16.3. The van der Waals surface area contributed by atoms with Gasteiger partial charge in [-0.2, -0.15) is 0 Å². The summed E-state index contributed by atoms with van der Waals surface area (Å²) in [5, 5.41) is 5.50. The number of urea groups is 1. The van der Waals surface area contributed by atoms with E-state index in [1.807, 2.05) is 36.5 Å². The molecule has 1 aromatic rings. The molecule has 0 aromatic carbocycles. The number of nitrogens with one attached hydrogen (secondary N) is 1. The lowest BCUT2D eigenvalue weighted by molar-refractivity contribution is 0.186. The predicted octanol–water partition coefficient (Wildman–Crippen LogP) is 1.33.